The number of dihydropyridines is 1. The van der Waals surface area contributed by atoms with Crippen molar-refractivity contribution in [1.29, 1.82) is 0 Å². The number of thioether (sulfide) groups is 1. The Bertz CT molecular complexity index is 966. The number of rotatable bonds is 1. The van der Waals surface area contributed by atoms with Gasteiger partial charge < -0.3 is 10.6 Å². The van der Waals surface area contributed by atoms with Crippen molar-refractivity contribution in [2.75, 3.05) is 16.9 Å². The van der Waals surface area contributed by atoms with Gasteiger partial charge in [0.25, 0.3) is 0 Å². The summed E-state index contributed by atoms with van der Waals surface area (Å²) in [4.78, 5) is 5.02. The highest BCUT2D eigenvalue weighted by Gasteiger charge is 2.36. The average molecular weight is 418 g/mol. The molecule has 0 amide bonds. The van der Waals surface area contributed by atoms with Crippen LogP contribution in [0.15, 0.2) is 58.7 Å². The van der Waals surface area contributed by atoms with Crippen LogP contribution in [0.2, 0.25) is 10.0 Å². The molecule has 1 atom stereocenters. The largest absolute Gasteiger partial charge is 0.372 e. The van der Waals surface area contributed by atoms with E-state index in [2.05, 4.69) is 42.9 Å². The van der Waals surface area contributed by atoms with Gasteiger partial charge in [0.05, 0.1) is 28.0 Å². The number of hydrogen-bond donors (Lipinski definition) is 2. The number of para-hydroxylation sites is 2. The highest BCUT2D eigenvalue weighted by Crippen LogP contribution is 2.45. The van der Waals surface area contributed by atoms with E-state index in [4.69, 9.17) is 28.2 Å². The van der Waals surface area contributed by atoms with Gasteiger partial charge in [-0.05, 0) is 49.9 Å². The molecule has 0 aliphatic carbocycles. The van der Waals surface area contributed by atoms with Crippen LogP contribution in [0.4, 0.5) is 11.4 Å². The number of aliphatic imine (C=N–C) groups is 1. The quantitative estimate of drug-likeness (QED) is 0.537. The molecule has 0 aromatic heterocycles. The minimum Gasteiger partial charge on any atom is -0.372 e. The van der Waals surface area contributed by atoms with Crippen LogP contribution >= 0.6 is 35.0 Å². The molecule has 2 aromatic rings. The maximum atomic E-state index is 6.61. The van der Waals surface area contributed by atoms with Crippen LogP contribution in [0.3, 0.4) is 0 Å². The van der Waals surface area contributed by atoms with Gasteiger partial charge in [-0.1, -0.05) is 41.4 Å². The maximum absolute atomic E-state index is 6.61. The van der Waals surface area contributed by atoms with E-state index in [1.54, 1.807) is 17.8 Å². The van der Waals surface area contributed by atoms with Gasteiger partial charge in [0.2, 0.25) is 0 Å². The molecule has 2 aliphatic heterocycles. The Morgan fingerprint density at radius 1 is 1.11 bits per heavy atom. The fraction of sp³-hybridized carbons (Fsp3) is 0.286. The zero-order chi connectivity index (χ0) is 19.2. The van der Waals surface area contributed by atoms with Gasteiger partial charge in [-0.3, -0.25) is 4.99 Å². The van der Waals surface area contributed by atoms with E-state index < -0.39 is 0 Å². The monoisotopic (exact) mass is 417 g/mol. The summed E-state index contributed by atoms with van der Waals surface area (Å²) in [5.74, 6) is 0. The number of hydrogen-bond acceptors (Lipinski definition) is 4. The van der Waals surface area contributed by atoms with Crippen LogP contribution < -0.4 is 10.6 Å². The van der Waals surface area contributed by atoms with E-state index in [0.29, 0.717) is 10.0 Å². The minimum absolute atomic E-state index is 0.108. The Kier molecular flexibility index (Phi) is 4.91. The van der Waals surface area contributed by atoms with Crippen LogP contribution in [-0.4, -0.2) is 16.8 Å². The Hall–Kier alpha value is -1.62. The van der Waals surface area contributed by atoms with Gasteiger partial charge in [0, 0.05) is 27.7 Å². The third-order valence-electron chi connectivity index (χ3n) is 4.84. The molecule has 4 rings (SSSR count). The van der Waals surface area contributed by atoms with Crippen molar-refractivity contribution in [1.82, 2.24) is 0 Å². The SMILES string of the molecule is CSC1=NC(C)(C)CC2=C1C(c1ccc(Cl)cc1Cl)Nc1ccccc1N2. The van der Waals surface area contributed by atoms with E-state index in [9.17, 15) is 0 Å². The third-order valence-corrected chi connectivity index (χ3v) is 6.10. The van der Waals surface area contributed by atoms with Gasteiger partial charge in [-0.25, -0.2) is 0 Å². The van der Waals surface area contributed by atoms with Crippen molar-refractivity contribution in [2.24, 2.45) is 4.99 Å². The summed E-state index contributed by atoms with van der Waals surface area (Å²) in [7, 11) is 0. The molecule has 0 saturated heterocycles. The van der Waals surface area contributed by atoms with Crippen LogP contribution in [0.1, 0.15) is 31.9 Å². The Morgan fingerprint density at radius 2 is 1.85 bits per heavy atom. The van der Waals surface area contributed by atoms with Crippen molar-refractivity contribution in [3.05, 3.63) is 69.3 Å². The number of halogens is 2. The number of fused-ring (bicyclic) bond motifs is 1. The zero-order valence-corrected chi connectivity index (χ0v) is 17.8. The van der Waals surface area contributed by atoms with E-state index in [1.807, 2.05) is 24.3 Å². The molecule has 0 radical (unpaired) electrons. The summed E-state index contributed by atoms with van der Waals surface area (Å²) in [5, 5.41) is 9.67. The smallest absolute Gasteiger partial charge is 0.0982 e. The molecule has 1 unspecified atom stereocenters. The number of nitrogens with one attached hydrogen (secondary N) is 2. The molecule has 2 aromatic carbocycles. The lowest BCUT2D eigenvalue weighted by atomic mass is 9.88. The lowest BCUT2D eigenvalue weighted by Gasteiger charge is -2.33. The predicted molar refractivity (Wildman–Crippen MR) is 120 cm³/mol. The first kappa shape index (κ1) is 18.7. The lowest BCUT2D eigenvalue weighted by Crippen LogP contribution is -2.31. The van der Waals surface area contributed by atoms with Crippen molar-refractivity contribution in [3.8, 4) is 0 Å². The topological polar surface area (TPSA) is 36.4 Å². The van der Waals surface area contributed by atoms with E-state index >= 15 is 0 Å². The van der Waals surface area contributed by atoms with E-state index in [1.165, 1.54) is 5.70 Å². The molecule has 2 heterocycles. The first-order valence-corrected chi connectivity index (χ1v) is 10.8. The van der Waals surface area contributed by atoms with Crippen LogP contribution in [0.25, 0.3) is 0 Å². The highest BCUT2D eigenvalue weighted by atomic mass is 35.5. The first-order valence-electron chi connectivity index (χ1n) is 8.83. The summed E-state index contributed by atoms with van der Waals surface area (Å²) < 4.78 is 0. The van der Waals surface area contributed by atoms with Crippen LogP contribution in [0.5, 0.6) is 0 Å². The number of nitrogens with zero attached hydrogens (tertiary/aromatic N) is 1. The van der Waals surface area contributed by atoms with Gasteiger partial charge >= 0.3 is 0 Å². The fourth-order valence-corrected chi connectivity index (χ4v) is 4.99. The first-order chi connectivity index (χ1) is 12.9. The number of anilines is 2. The second-order valence-electron chi connectivity index (χ2n) is 7.42. The normalized spacial score (nSPS) is 20.6. The summed E-state index contributed by atoms with van der Waals surface area (Å²) in [6, 6.07) is 13.8. The second-order valence-corrected chi connectivity index (χ2v) is 9.05. The molecule has 2 aliphatic rings. The Morgan fingerprint density at radius 3 is 2.56 bits per heavy atom. The van der Waals surface area contributed by atoms with Crippen molar-refractivity contribution in [3.63, 3.8) is 0 Å². The molecule has 6 heteroatoms. The van der Waals surface area contributed by atoms with Gasteiger partial charge in [-0.15, -0.1) is 11.8 Å². The molecule has 0 spiro atoms. The van der Waals surface area contributed by atoms with Gasteiger partial charge in [0.15, 0.2) is 0 Å². The lowest BCUT2D eigenvalue weighted by molar-refractivity contribution is 0.511. The summed E-state index contributed by atoms with van der Waals surface area (Å²) in [5.41, 5.74) is 5.29. The van der Waals surface area contributed by atoms with Crippen molar-refractivity contribution < 1.29 is 0 Å². The molecule has 0 bridgehead atoms. The van der Waals surface area contributed by atoms with Gasteiger partial charge in [0.1, 0.15) is 0 Å². The van der Waals surface area contributed by atoms with Crippen molar-refractivity contribution in [2.45, 2.75) is 31.8 Å². The standard InChI is InChI=1S/C21H21Cl2N3S/c1-21(2)11-17-18(20(26-21)27-3)19(13-9-8-12(22)10-14(13)23)25-16-7-5-4-6-15(16)24-17/h4-10,19,24-25H,11H2,1-3H3. The van der Waals surface area contributed by atoms with E-state index in [-0.39, 0.29) is 11.6 Å². The fourth-order valence-electron chi connectivity index (χ4n) is 3.67. The molecule has 3 nitrogen and oxygen atoms in total. The highest BCUT2D eigenvalue weighted by molar-refractivity contribution is 8.13. The average Bonchev–Trinajstić information content (AvgIpc) is 2.76. The minimum atomic E-state index is -0.155. The van der Waals surface area contributed by atoms with Crippen LogP contribution in [-0.2, 0) is 0 Å². The predicted octanol–water partition coefficient (Wildman–Crippen LogP) is 6.77. The van der Waals surface area contributed by atoms with Crippen molar-refractivity contribution >= 4 is 51.4 Å². The summed E-state index contributed by atoms with van der Waals surface area (Å²) in [6.07, 6.45) is 2.91. The summed E-state index contributed by atoms with van der Waals surface area (Å²) >= 11 is 14.4. The zero-order valence-electron chi connectivity index (χ0n) is 15.4. The molecule has 27 heavy (non-hydrogen) atoms. The molecule has 140 valence electrons. The number of benzene rings is 2. The Balaban J connectivity index is 1.93. The molecule has 0 fully saturated rings. The summed E-state index contributed by atoms with van der Waals surface area (Å²) in [6.45, 7) is 4.34. The van der Waals surface area contributed by atoms with Crippen LogP contribution in [0, 0.1) is 0 Å². The Labute approximate surface area is 174 Å². The molecular formula is C21H21Cl2N3S. The van der Waals surface area contributed by atoms with E-state index in [0.717, 1.165) is 34.0 Å². The molecule has 0 saturated carbocycles. The third kappa shape index (κ3) is 3.58. The second kappa shape index (κ2) is 7.08. The molecular weight excluding hydrogens is 397 g/mol. The maximum Gasteiger partial charge on any atom is 0.0982 e. The molecule has 2 N–H and O–H groups in total. The van der Waals surface area contributed by atoms with Gasteiger partial charge in [-0.2, -0.15) is 0 Å².